The van der Waals surface area contributed by atoms with Crippen LogP contribution in [0.25, 0.3) is 11.4 Å². The van der Waals surface area contributed by atoms with Crippen LogP contribution >= 0.6 is 11.8 Å². The van der Waals surface area contributed by atoms with Crippen LogP contribution in [0, 0.1) is 0 Å². The molecular formula is C27H38N4O5S. The van der Waals surface area contributed by atoms with Crippen LogP contribution in [0.4, 0.5) is 16.3 Å². The molecule has 0 bridgehead atoms. The van der Waals surface area contributed by atoms with Crippen molar-refractivity contribution in [3.63, 3.8) is 0 Å². The average molecular weight is 531 g/mol. The summed E-state index contributed by atoms with van der Waals surface area (Å²) in [4.78, 5) is 21.3. The summed E-state index contributed by atoms with van der Waals surface area (Å²) in [7, 11) is 0. The molecule has 2 aromatic carbocycles. The van der Waals surface area contributed by atoms with Gasteiger partial charge >= 0.3 is 6.09 Å². The van der Waals surface area contributed by atoms with Crippen molar-refractivity contribution in [2.45, 2.75) is 35.7 Å². The Labute approximate surface area is 223 Å². The maximum atomic E-state index is 12.1. The van der Waals surface area contributed by atoms with E-state index in [9.17, 15) is 4.79 Å². The van der Waals surface area contributed by atoms with E-state index in [-0.39, 0.29) is 22.6 Å². The largest absolute Gasteiger partial charge is 0.417 e. The van der Waals surface area contributed by atoms with Crippen LogP contribution in [-0.2, 0) is 4.75 Å². The molecule has 0 spiro atoms. The quantitative estimate of drug-likeness (QED) is 0.438. The molecule has 2 aliphatic rings. The first-order chi connectivity index (χ1) is 16.6. The van der Waals surface area contributed by atoms with Gasteiger partial charge in [0, 0.05) is 24.0 Å². The van der Waals surface area contributed by atoms with Gasteiger partial charge in [-0.1, -0.05) is 18.2 Å². The summed E-state index contributed by atoms with van der Waals surface area (Å²) in [6.07, 6.45) is 4.37. The lowest BCUT2D eigenvalue weighted by molar-refractivity contribution is 0.215. The molecule has 2 fully saturated rings. The molecule has 2 aliphatic carbocycles. The Balaban J connectivity index is 0. The van der Waals surface area contributed by atoms with E-state index >= 15 is 0 Å². The van der Waals surface area contributed by atoms with Crippen LogP contribution in [0.5, 0.6) is 5.75 Å². The lowest BCUT2D eigenvalue weighted by atomic mass is 10.1. The second-order valence-corrected chi connectivity index (χ2v) is 9.40. The molecular weight excluding hydrogens is 492 g/mol. The lowest BCUT2D eigenvalue weighted by Crippen LogP contribution is -2.16. The minimum Gasteiger partial charge on any atom is -0.412 e. The Kier molecular flexibility index (Phi) is 13.9. The van der Waals surface area contributed by atoms with Gasteiger partial charge in [0.25, 0.3) is 0 Å². The number of rotatable bonds is 6. The van der Waals surface area contributed by atoms with E-state index in [2.05, 4.69) is 36.6 Å². The van der Waals surface area contributed by atoms with E-state index in [0.29, 0.717) is 23.1 Å². The van der Waals surface area contributed by atoms with E-state index < -0.39 is 6.09 Å². The third kappa shape index (κ3) is 9.03. The van der Waals surface area contributed by atoms with Crippen LogP contribution in [-0.4, -0.2) is 37.7 Å². The van der Waals surface area contributed by atoms with Crippen molar-refractivity contribution in [2.24, 2.45) is 0 Å². The van der Waals surface area contributed by atoms with Crippen LogP contribution in [0.15, 0.2) is 87.0 Å². The van der Waals surface area contributed by atoms with Gasteiger partial charge in [-0.05, 0) is 62.1 Å². The lowest BCUT2D eigenvalue weighted by Gasteiger charge is -2.15. The second-order valence-electron chi connectivity index (χ2n) is 7.72. The Morgan fingerprint density at radius 3 is 2.11 bits per heavy atom. The molecule has 1 amide bonds. The number of carbonyl (C=O) groups excluding carboxylic acids is 1. The number of ether oxygens (including phenoxy) is 1. The zero-order chi connectivity index (χ0) is 24.6. The molecule has 10 heteroatoms. The Bertz CT molecular complexity index is 1110. The van der Waals surface area contributed by atoms with Gasteiger partial charge in [0.1, 0.15) is 11.6 Å². The Morgan fingerprint density at radius 1 is 0.973 bits per heavy atom. The SMILES string of the molecule is C=C.C=C.Nc1cc(C2(SC3CC3)CC2)nc(-c2ccc(NC(=O)Oc3ccccc3)cc2)n1.O.O.O.[HH]. The second kappa shape index (κ2) is 15.4. The van der Waals surface area contributed by atoms with E-state index in [1.165, 1.54) is 12.8 Å². The number of carbonyl (C=O) groups is 1. The van der Waals surface area contributed by atoms with Crippen molar-refractivity contribution in [3.05, 3.63) is 92.7 Å². The first kappa shape index (κ1) is 33.3. The normalized spacial score (nSPS) is 13.7. The predicted octanol–water partition coefficient (Wildman–Crippen LogP) is 4.60. The van der Waals surface area contributed by atoms with Crippen LogP contribution in [0.3, 0.4) is 0 Å². The number of hydrogen-bond acceptors (Lipinski definition) is 6. The van der Waals surface area contributed by atoms with E-state index in [0.717, 1.165) is 29.3 Å². The number of hydrogen-bond donors (Lipinski definition) is 2. The molecule has 3 aromatic rings. The minimum absolute atomic E-state index is 0. The van der Waals surface area contributed by atoms with E-state index in [1.54, 1.807) is 24.3 Å². The fourth-order valence-corrected chi connectivity index (χ4v) is 4.90. The number of nitrogens with zero attached hydrogens (tertiary/aromatic N) is 2. The van der Waals surface area contributed by atoms with Gasteiger partial charge in [0.05, 0.1) is 10.4 Å². The number of para-hydroxylation sites is 1. The zero-order valence-electron chi connectivity index (χ0n) is 20.7. The third-order valence-electron chi connectivity index (χ3n) is 5.18. The molecule has 0 aliphatic heterocycles. The highest BCUT2D eigenvalue weighted by Crippen LogP contribution is 2.61. The molecule has 2 saturated carbocycles. The van der Waals surface area contributed by atoms with Gasteiger partial charge in [-0.25, -0.2) is 14.8 Å². The molecule has 37 heavy (non-hydrogen) atoms. The number of anilines is 2. The standard InChI is InChI=1S/C23H22N4O2S.2C2H4.3H2O.H2/c24-20-14-19(23(12-13-23)30-18-10-11-18)26-21(27-20)15-6-8-16(9-7-15)25-22(28)29-17-4-2-1-3-5-17;2*1-2;;;;/h1-9,14,18H,10-13H2,(H,25,28)(H2,24,26,27);2*1-2H2;3*1H2;1H. The molecule has 0 saturated heterocycles. The molecule has 1 heterocycles. The van der Waals surface area contributed by atoms with Gasteiger partial charge in [0.2, 0.25) is 0 Å². The van der Waals surface area contributed by atoms with E-state index in [1.807, 2.05) is 48.2 Å². The predicted molar refractivity (Wildman–Crippen MR) is 155 cm³/mol. The van der Waals surface area contributed by atoms with Gasteiger partial charge in [-0.15, -0.1) is 38.1 Å². The fourth-order valence-electron chi connectivity index (χ4n) is 3.32. The average Bonchev–Trinajstić information content (AvgIpc) is 3.81. The summed E-state index contributed by atoms with van der Waals surface area (Å²) in [5, 5.41) is 3.50. The monoisotopic (exact) mass is 530 g/mol. The highest BCUT2D eigenvalue weighted by molar-refractivity contribution is 8.01. The van der Waals surface area contributed by atoms with Crippen molar-refractivity contribution < 1.29 is 27.4 Å². The number of nitrogen functional groups attached to an aromatic ring is 1. The molecule has 5 rings (SSSR count). The highest BCUT2D eigenvalue weighted by atomic mass is 32.2. The summed E-state index contributed by atoms with van der Waals surface area (Å²) < 4.78 is 5.37. The van der Waals surface area contributed by atoms with Crippen molar-refractivity contribution in [1.82, 2.24) is 9.97 Å². The number of amides is 1. The molecule has 9 nitrogen and oxygen atoms in total. The molecule has 9 N–H and O–H groups in total. The van der Waals surface area contributed by atoms with Crippen LogP contribution in [0.2, 0.25) is 0 Å². The summed E-state index contributed by atoms with van der Waals surface area (Å²) in [6.45, 7) is 12.0. The summed E-state index contributed by atoms with van der Waals surface area (Å²) >= 11 is 2.05. The van der Waals surface area contributed by atoms with Crippen molar-refractivity contribution in [1.29, 1.82) is 0 Å². The first-order valence-electron chi connectivity index (χ1n) is 11.1. The number of nitrogens with two attached hydrogens (primary N) is 1. The maximum Gasteiger partial charge on any atom is 0.417 e. The van der Waals surface area contributed by atoms with Gasteiger partial charge in [0.15, 0.2) is 5.82 Å². The Morgan fingerprint density at radius 2 is 1.57 bits per heavy atom. The van der Waals surface area contributed by atoms with Crippen molar-refractivity contribution >= 4 is 29.4 Å². The topological polar surface area (TPSA) is 185 Å². The molecule has 0 atom stereocenters. The maximum absolute atomic E-state index is 12.1. The summed E-state index contributed by atoms with van der Waals surface area (Å²) in [6, 6.07) is 18.2. The number of aromatic nitrogens is 2. The molecule has 1 aromatic heterocycles. The molecule has 0 radical (unpaired) electrons. The van der Waals surface area contributed by atoms with Gasteiger partial charge < -0.3 is 26.9 Å². The van der Waals surface area contributed by atoms with Crippen molar-refractivity contribution in [2.75, 3.05) is 11.1 Å². The first-order valence-corrected chi connectivity index (χ1v) is 11.9. The zero-order valence-corrected chi connectivity index (χ0v) is 21.5. The highest BCUT2D eigenvalue weighted by Gasteiger charge is 2.50. The van der Waals surface area contributed by atoms with Crippen LogP contribution in [0.1, 0.15) is 32.8 Å². The third-order valence-corrected chi connectivity index (χ3v) is 7.05. The van der Waals surface area contributed by atoms with Crippen molar-refractivity contribution in [3.8, 4) is 17.1 Å². The number of thioether (sulfide) groups is 1. The number of benzene rings is 2. The van der Waals surface area contributed by atoms with Gasteiger partial charge in [-0.3, -0.25) is 5.32 Å². The molecule has 0 unspecified atom stereocenters. The van der Waals surface area contributed by atoms with E-state index in [4.69, 9.17) is 15.5 Å². The summed E-state index contributed by atoms with van der Waals surface area (Å²) in [5.41, 5.74) is 8.63. The molecule has 202 valence electrons. The summed E-state index contributed by atoms with van der Waals surface area (Å²) in [5.74, 6) is 1.60. The Hall–Kier alpha value is -3.70. The van der Waals surface area contributed by atoms with Crippen LogP contribution < -0.4 is 15.8 Å². The van der Waals surface area contributed by atoms with Gasteiger partial charge in [-0.2, -0.15) is 0 Å². The fraction of sp³-hybridized carbons (Fsp3) is 0.222. The number of nitrogens with one attached hydrogen (secondary N) is 1. The minimum atomic E-state index is -0.538. The smallest absolute Gasteiger partial charge is 0.412 e.